The topological polar surface area (TPSA) is 54.5 Å². The van der Waals surface area contributed by atoms with Gasteiger partial charge in [0.2, 0.25) is 0 Å². The maximum Gasteiger partial charge on any atom is 0.186 e. The average Bonchev–Trinajstić information content (AvgIpc) is 2.91. The van der Waals surface area contributed by atoms with Crippen LogP contribution < -0.4 is 0 Å². The molecule has 5 heteroatoms. The third-order valence-corrected chi connectivity index (χ3v) is 3.18. The molecule has 0 saturated heterocycles. The Morgan fingerprint density at radius 1 is 1.56 bits per heavy atom. The van der Waals surface area contributed by atoms with E-state index in [1.54, 1.807) is 11.3 Å². The zero-order valence-corrected chi connectivity index (χ0v) is 9.87. The van der Waals surface area contributed by atoms with Crippen LogP contribution in [0.5, 0.6) is 0 Å². The first-order valence-electron chi connectivity index (χ1n) is 5.20. The molecule has 0 aliphatic heterocycles. The summed E-state index contributed by atoms with van der Waals surface area (Å²) in [4.78, 5) is 1.23. The Kier molecular flexibility index (Phi) is 3.32. The third-order valence-electron chi connectivity index (χ3n) is 2.30. The molecule has 2 rings (SSSR count). The SMILES string of the molecule is CCCn1nnc(C#N)c1Cc1cccs1. The lowest BCUT2D eigenvalue weighted by Crippen LogP contribution is -2.05. The quantitative estimate of drug-likeness (QED) is 0.812. The van der Waals surface area contributed by atoms with Crippen molar-refractivity contribution >= 4 is 11.3 Å². The van der Waals surface area contributed by atoms with Crippen molar-refractivity contribution in [2.45, 2.75) is 26.3 Å². The first-order chi connectivity index (χ1) is 7.85. The lowest BCUT2D eigenvalue weighted by Gasteiger charge is -2.03. The minimum atomic E-state index is 0.446. The third kappa shape index (κ3) is 2.12. The van der Waals surface area contributed by atoms with Gasteiger partial charge in [0.05, 0.1) is 5.69 Å². The van der Waals surface area contributed by atoms with E-state index in [0.29, 0.717) is 5.69 Å². The van der Waals surface area contributed by atoms with Crippen LogP contribution in [0.1, 0.15) is 29.6 Å². The molecule has 0 unspecified atom stereocenters. The van der Waals surface area contributed by atoms with Crippen LogP contribution in [0, 0.1) is 11.3 Å². The van der Waals surface area contributed by atoms with Crippen molar-refractivity contribution in [1.29, 1.82) is 5.26 Å². The largest absolute Gasteiger partial charge is 0.248 e. The van der Waals surface area contributed by atoms with Crippen molar-refractivity contribution in [3.8, 4) is 6.07 Å². The molecule has 4 nitrogen and oxygen atoms in total. The van der Waals surface area contributed by atoms with Crippen molar-refractivity contribution in [1.82, 2.24) is 15.0 Å². The molecule has 0 amide bonds. The molecule has 0 saturated carbocycles. The standard InChI is InChI=1S/C11H12N4S/c1-2-5-15-11(10(8-12)13-14-15)7-9-4-3-6-16-9/h3-4,6H,2,5,7H2,1H3. The van der Waals surface area contributed by atoms with Gasteiger partial charge >= 0.3 is 0 Å². The van der Waals surface area contributed by atoms with Crippen LogP contribution >= 0.6 is 11.3 Å². The summed E-state index contributed by atoms with van der Waals surface area (Å²) in [5, 5.41) is 18.9. The summed E-state index contributed by atoms with van der Waals surface area (Å²) in [6, 6.07) is 6.18. The number of aromatic nitrogens is 3. The van der Waals surface area contributed by atoms with Crippen LogP contribution in [0.15, 0.2) is 17.5 Å². The second kappa shape index (κ2) is 4.90. The van der Waals surface area contributed by atoms with Crippen LogP contribution in [0.2, 0.25) is 0 Å². The second-order valence-electron chi connectivity index (χ2n) is 3.48. The van der Waals surface area contributed by atoms with E-state index in [4.69, 9.17) is 5.26 Å². The second-order valence-corrected chi connectivity index (χ2v) is 4.51. The maximum atomic E-state index is 8.97. The van der Waals surface area contributed by atoms with E-state index in [2.05, 4.69) is 29.4 Å². The van der Waals surface area contributed by atoms with Gasteiger partial charge in [0.1, 0.15) is 6.07 Å². The predicted octanol–water partition coefficient (Wildman–Crippen LogP) is 2.21. The summed E-state index contributed by atoms with van der Waals surface area (Å²) in [5.74, 6) is 0. The van der Waals surface area contributed by atoms with Crippen LogP contribution in [-0.2, 0) is 13.0 Å². The molecule has 16 heavy (non-hydrogen) atoms. The number of rotatable bonds is 4. The molecule has 0 fully saturated rings. The van der Waals surface area contributed by atoms with E-state index >= 15 is 0 Å². The molecule has 0 spiro atoms. The highest BCUT2D eigenvalue weighted by atomic mass is 32.1. The molecule has 0 aromatic carbocycles. The molecule has 0 aliphatic carbocycles. The van der Waals surface area contributed by atoms with Crippen LogP contribution in [0.3, 0.4) is 0 Å². The molecular weight excluding hydrogens is 220 g/mol. The Morgan fingerprint density at radius 3 is 3.06 bits per heavy atom. The molecule has 0 radical (unpaired) electrons. The zero-order valence-electron chi connectivity index (χ0n) is 9.05. The summed E-state index contributed by atoms with van der Waals surface area (Å²) in [5.41, 5.74) is 1.37. The molecular formula is C11H12N4S. The van der Waals surface area contributed by atoms with Crippen molar-refractivity contribution in [3.05, 3.63) is 33.8 Å². The number of nitrogens with zero attached hydrogens (tertiary/aromatic N) is 4. The van der Waals surface area contributed by atoms with Gasteiger partial charge in [-0.05, 0) is 17.9 Å². The van der Waals surface area contributed by atoms with E-state index in [9.17, 15) is 0 Å². The lowest BCUT2D eigenvalue weighted by atomic mass is 10.2. The van der Waals surface area contributed by atoms with Crippen LogP contribution in [-0.4, -0.2) is 15.0 Å². The molecule has 0 atom stereocenters. The number of hydrogen-bond donors (Lipinski definition) is 0. The van der Waals surface area contributed by atoms with Gasteiger partial charge in [0, 0.05) is 17.8 Å². The van der Waals surface area contributed by atoms with Crippen molar-refractivity contribution in [2.24, 2.45) is 0 Å². The fourth-order valence-corrected chi connectivity index (χ4v) is 2.27. The molecule has 2 aromatic heterocycles. The number of thiophene rings is 1. The molecule has 82 valence electrons. The Bertz CT molecular complexity index is 493. The molecule has 2 aromatic rings. The number of hydrogen-bond acceptors (Lipinski definition) is 4. The molecule has 0 N–H and O–H groups in total. The van der Waals surface area contributed by atoms with Gasteiger partial charge in [-0.2, -0.15) is 5.26 Å². The monoisotopic (exact) mass is 232 g/mol. The van der Waals surface area contributed by atoms with Crippen molar-refractivity contribution in [3.63, 3.8) is 0 Å². The van der Waals surface area contributed by atoms with Gasteiger partial charge in [-0.25, -0.2) is 4.68 Å². The summed E-state index contributed by atoms with van der Waals surface area (Å²) < 4.78 is 1.83. The van der Waals surface area contributed by atoms with E-state index < -0.39 is 0 Å². The Morgan fingerprint density at radius 2 is 2.44 bits per heavy atom. The highest BCUT2D eigenvalue weighted by molar-refractivity contribution is 7.09. The maximum absolute atomic E-state index is 8.97. The molecule has 0 bridgehead atoms. The molecule has 0 aliphatic rings. The van der Waals surface area contributed by atoms with Crippen LogP contribution in [0.4, 0.5) is 0 Å². The fraction of sp³-hybridized carbons (Fsp3) is 0.364. The van der Waals surface area contributed by atoms with Crippen molar-refractivity contribution < 1.29 is 0 Å². The summed E-state index contributed by atoms with van der Waals surface area (Å²) >= 11 is 1.69. The van der Waals surface area contributed by atoms with Crippen molar-refractivity contribution in [2.75, 3.05) is 0 Å². The zero-order chi connectivity index (χ0) is 11.4. The summed E-state index contributed by atoms with van der Waals surface area (Å²) in [6.07, 6.45) is 1.74. The average molecular weight is 232 g/mol. The lowest BCUT2D eigenvalue weighted by molar-refractivity contribution is 0.560. The fourth-order valence-electron chi connectivity index (χ4n) is 1.56. The normalized spacial score (nSPS) is 10.2. The highest BCUT2D eigenvalue weighted by Crippen LogP contribution is 2.16. The highest BCUT2D eigenvalue weighted by Gasteiger charge is 2.12. The first-order valence-corrected chi connectivity index (χ1v) is 6.08. The van der Waals surface area contributed by atoms with E-state index in [-0.39, 0.29) is 0 Å². The molecule has 2 heterocycles. The van der Waals surface area contributed by atoms with Crippen LogP contribution in [0.25, 0.3) is 0 Å². The van der Waals surface area contributed by atoms with Gasteiger partial charge < -0.3 is 0 Å². The smallest absolute Gasteiger partial charge is 0.186 e. The Labute approximate surface area is 98.1 Å². The first kappa shape index (κ1) is 10.8. The minimum absolute atomic E-state index is 0.446. The minimum Gasteiger partial charge on any atom is -0.248 e. The Balaban J connectivity index is 2.30. The summed E-state index contributed by atoms with van der Waals surface area (Å²) in [6.45, 7) is 2.90. The number of nitriles is 1. The summed E-state index contributed by atoms with van der Waals surface area (Å²) in [7, 11) is 0. The number of aryl methyl sites for hydroxylation is 1. The van der Waals surface area contributed by atoms with Gasteiger partial charge in [-0.3, -0.25) is 0 Å². The predicted molar refractivity (Wildman–Crippen MR) is 62.2 cm³/mol. The van der Waals surface area contributed by atoms with Gasteiger partial charge in [0.15, 0.2) is 5.69 Å². The Hall–Kier alpha value is -1.67. The van der Waals surface area contributed by atoms with E-state index in [0.717, 1.165) is 25.1 Å². The van der Waals surface area contributed by atoms with E-state index in [1.165, 1.54) is 4.88 Å². The van der Waals surface area contributed by atoms with E-state index in [1.807, 2.05) is 16.1 Å². The van der Waals surface area contributed by atoms with Gasteiger partial charge in [0.25, 0.3) is 0 Å². The van der Waals surface area contributed by atoms with Gasteiger partial charge in [-0.15, -0.1) is 16.4 Å². The van der Waals surface area contributed by atoms with Gasteiger partial charge in [-0.1, -0.05) is 18.2 Å².